The Labute approximate surface area is 161 Å². The van der Waals surface area contributed by atoms with Crippen molar-refractivity contribution >= 4 is 23.5 Å². The predicted molar refractivity (Wildman–Crippen MR) is 111 cm³/mol. The van der Waals surface area contributed by atoms with Crippen molar-refractivity contribution in [3.63, 3.8) is 0 Å². The van der Waals surface area contributed by atoms with E-state index in [9.17, 15) is 9.59 Å². The van der Waals surface area contributed by atoms with Gasteiger partial charge in [0.1, 0.15) is 0 Å². The minimum Gasteiger partial charge on any atom is -0.315 e. The third-order valence-corrected chi connectivity index (χ3v) is 5.37. The molecule has 3 heteroatoms. The molecule has 0 aliphatic carbocycles. The number of carbonyl (C=O) groups is 2. The molecule has 0 spiro atoms. The highest BCUT2D eigenvalue weighted by molar-refractivity contribution is 6.08. The van der Waals surface area contributed by atoms with Gasteiger partial charge in [-0.05, 0) is 46.9 Å². The molecule has 0 fully saturated rings. The van der Waals surface area contributed by atoms with Crippen LogP contribution in [0.5, 0.6) is 0 Å². The minimum atomic E-state index is -0.272. The Morgan fingerprint density at radius 1 is 1.11 bits per heavy atom. The summed E-state index contributed by atoms with van der Waals surface area (Å²) in [4.78, 5) is 26.5. The first-order valence-corrected chi connectivity index (χ1v) is 9.42. The maximum atomic E-state index is 12.7. The molecule has 0 radical (unpaired) electrons. The van der Waals surface area contributed by atoms with E-state index in [1.54, 1.807) is 24.1 Å². The molecule has 3 nitrogen and oxygen atoms in total. The van der Waals surface area contributed by atoms with E-state index in [4.69, 9.17) is 0 Å². The quantitative estimate of drug-likeness (QED) is 0.544. The number of fused-ring (bicyclic) bond motifs is 1. The lowest BCUT2D eigenvalue weighted by Crippen LogP contribution is -2.39. The average molecular weight is 361 g/mol. The average Bonchev–Trinajstić information content (AvgIpc) is 2.64. The van der Waals surface area contributed by atoms with Gasteiger partial charge in [0.2, 0.25) is 5.91 Å². The second-order valence-corrected chi connectivity index (χ2v) is 8.26. The van der Waals surface area contributed by atoms with Crippen LogP contribution >= 0.6 is 0 Å². The number of hydrogen-bond donors (Lipinski definition) is 0. The van der Waals surface area contributed by atoms with Gasteiger partial charge in [-0.3, -0.25) is 9.59 Å². The third-order valence-electron chi connectivity index (χ3n) is 5.37. The highest BCUT2D eigenvalue weighted by Crippen LogP contribution is 2.40. The van der Waals surface area contributed by atoms with Gasteiger partial charge in [-0.2, -0.15) is 0 Å². The summed E-state index contributed by atoms with van der Waals surface area (Å²) in [5.41, 5.74) is 4.61. The molecule has 0 aromatic heterocycles. The van der Waals surface area contributed by atoms with Gasteiger partial charge >= 0.3 is 0 Å². The Morgan fingerprint density at radius 2 is 1.78 bits per heavy atom. The summed E-state index contributed by atoms with van der Waals surface area (Å²) in [6.45, 7) is 8.43. The Balaban J connectivity index is 1.84. The van der Waals surface area contributed by atoms with Gasteiger partial charge in [-0.15, -0.1) is 0 Å². The van der Waals surface area contributed by atoms with Crippen LogP contribution in [0, 0.1) is 0 Å². The van der Waals surface area contributed by atoms with E-state index in [1.807, 2.05) is 30.3 Å². The molecule has 1 aliphatic rings. The molecular weight excluding hydrogens is 334 g/mol. The highest BCUT2D eigenvalue weighted by Gasteiger charge is 2.35. The largest absolute Gasteiger partial charge is 0.315 e. The molecule has 0 atom stereocenters. The molecule has 0 unspecified atom stereocenters. The fourth-order valence-corrected chi connectivity index (χ4v) is 3.51. The minimum absolute atomic E-state index is 0.0268. The Hall–Kier alpha value is -2.68. The lowest BCUT2D eigenvalue weighted by atomic mass is 9.76. The highest BCUT2D eigenvalue weighted by atomic mass is 16.2. The maximum Gasteiger partial charge on any atom is 0.227 e. The van der Waals surface area contributed by atoms with E-state index < -0.39 is 0 Å². The zero-order chi connectivity index (χ0) is 19.8. The predicted octanol–water partition coefficient (Wildman–Crippen LogP) is 5.35. The van der Waals surface area contributed by atoms with E-state index in [1.165, 1.54) is 5.56 Å². The van der Waals surface area contributed by atoms with Crippen LogP contribution in [0.3, 0.4) is 0 Å². The van der Waals surface area contributed by atoms with Crippen molar-refractivity contribution in [3.8, 4) is 0 Å². The van der Waals surface area contributed by atoms with Crippen LogP contribution in [0.25, 0.3) is 6.08 Å². The number of benzene rings is 2. The van der Waals surface area contributed by atoms with E-state index in [0.29, 0.717) is 17.9 Å². The monoisotopic (exact) mass is 361 g/mol. The number of hydrogen-bond acceptors (Lipinski definition) is 2. The van der Waals surface area contributed by atoms with Gasteiger partial charge in [0, 0.05) is 30.1 Å². The topological polar surface area (TPSA) is 37.4 Å². The lowest BCUT2D eigenvalue weighted by molar-refractivity contribution is -0.119. The molecule has 27 heavy (non-hydrogen) atoms. The summed E-state index contributed by atoms with van der Waals surface area (Å²) in [6.07, 6.45) is 3.93. The first-order valence-electron chi connectivity index (χ1n) is 9.42. The molecule has 2 aromatic rings. The Kier molecular flexibility index (Phi) is 5.05. The van der Waals surface area contributed by atoms with Gasteiger partial charge in [-0.1, -0.05) is 58.0 Å². The Morgan fingerprint density at radius 3 is 2.41 bits per heavy atom. The summed E-state index contributed by atoms with van der Waals surface area (Å²) in [5, 5.41) is 0. The van der Waals surface area contributed by atoms with Crippen molar-refractivity contribution in [2.24, 2.45) is 0 Å². The van der Waals surface area contributed by atoms with Crippen molar-refractivity contribution < 1.29 is 9.59 Å². The van der Waals surface area contributed by atoms with Gasteiger partial charge in [0.15, 0.2) is 5.78 Å². The van der Waals surface area contributed by atoms with Crippen molar-refractivity contribution in [2.45, 2.75) is 45.4 Å². The summed E-state index contributed by atoms with van der Waals surface area (Å²) >= 11 is 0. The summed E-state index contributed by atoms with van der Waals surface area (Å²) in [5.74, 6) is 0.575. The van der Waals surface area contributed by atoms with Crippen molar-refractivity contribution in [1.29, 1.82) is 0 Å². The number of ketones is 1. The molecular formula is C24H27NO2. The van der Waals surface area contributed by atoms with Crippen LogP contribution < -0.4 is 4.90 Å². The second-order valence-electron chi connectivity index (χ2n) is 8.26. The fraction of sp³-hybridized carbons (Fsp3) is 0.333. The number of amides is 1. The maximum absolute atomic E-state index is 12.7. The summed E-state index contributed by atoms with van der Waals surface area (Å²) in [7, 11) is 1.79. The zero-order valence-corrected chi connectivity index (χ0v) is 16.7. The first-order chi connectivity index (χ1) is 12.7. The van der Waals surface area contributed by atoms with E-state index in [-0.39, 0.29) is 17.1 Å². The van der Waals surface area contributed by atoms with Crippen LogP contribution in [0.15, 0.2) is 48.5 Å². The summed E-state index contributed by atoms with van der Waals surface area (Å²) in [6, 6.07) is 13.9. The van der Waals surface area contributed by atoms with E-state index in [2.05, 4.69) is 39.8 Å². The zero-order valence-electron chi connectivity index (χ0n) is 16.7. The molecule has 0 bridgehead atoms. The van der Waals surface area contributed by atoms with E-state index >= 15 is 0 Å². The van der Waals surface area contributed by atoms with Crippen LogP contribution in [0.2, 0.25) is 0 Å². The normalized spacial score (nSPS) is 16.1. The number of allylic oxidation sites excluding steroid dienone is 1. The molecule has 3 rings (SSSR count). The second kappa shape index (κ2) is 7.15. The molecule has 0 saturated carbocycles. The molecule has 140 valence electrons. The fourth-order valence-electron chi connectivity index (χ4n) is 3.51. The smallest absolute Gasteiger partial charge is 0.227 e. The molecule has 1 heterocycles. The van der Waals surface area contributed by atoms with Gasteiger partial charge < -0.3 is 4.90 Å². The Bertz CT molecular complexity index is 904. The van der Waals surface area contributed by atoms with Crippen molar-refractivity contribution in [1.82, 2.24) is 0 Å². The van der Waals surface area contributed by atoms with Crippen LogP contribution in [-0.2, 0) is 10.2 Å². The van der Waals surface area contributed by atoms with Crippen molar-refractivity contribution in [3.05, 3.63) is 70.8 Å². The van der Waals surface area contributed by atoms with Crippen LogP contribution in [-0.4, -0.2) is 18.7 Å². The number of anilines is 1. The van der Waals surface area contributed by atoms with E-state index in [0.717, 1.165) is 16.8 Å². The number of rotatable bonds is 4. The molecule has 0 N–H and O–H groups in total. The first kappa shape index (κ1) is 19.1. The standard InChI is InChI=1S/C24H27NO2/c1-16(2)18-9-6-17(7-10-18)8-13-22(26)19-11-12-21-20(14-19)24(3,4)15-23(27)25(21)5/h6-14,16H,15H2,1-5H3/b13-8+. The number of nitrogens with zero attached hydrogens (tertiary/aromatic N) is 1. The van der Waals surface area contributed by atoms with Crippen LogP contribution in [0.4, 0.5) is 5.69 Å². The SMILES string of the molecule is CC(C)c1ccc(/C=C/C(=O)c2ccc3c(c2)C(C)(C)CC(=O)N3C)cc1. The van der Waals surface area contributed by atoms with Crippen molar-refractivity contribution in [2.75, 3.05) is 11.9 Å². The molecule has 1 aliphatic heterocycles. The third kappa shape index (κ3) is 3.87. The van der Waals surface area contributed by atoms with Gasteiger partial charge in [0.05, 0.1) is 0 Å². The molecule has 2 aromatic carbocycles. The van der Waals surface area contributed by atoms with Crippen LogP contribution in [0.1, 0.15) is 67.1 Å². The van der Waals surface area contributed by atoms with Gasteiger partial charge in [-0.25, -0.2) is 0 Å². The van der Waals surface area contributed by atoms with Gasteiger partial charge in [0.25, 0.3) is 0 Å². The number of carbonyl (C=O) groups excluding carboxylic acids is 2. The lowest BCUT2D eigenvalue weighted by Gasteiger charge is -2.37. The molecule has 1 amide bonds. The molecule has 0 saturated heterocycles. The summed E-state index contributed by atoms with van der Waals surface area (Å²) < 4.78 is 0.